The van der Waals surface area contributed by atoms with Crippen LogP contribution in [-0.2, 0) is 12.6 Å². The number of halogens is 5. The zero-order valence-corrected chi connectivity index (χ0v) is 11.4. The third-order valence-corrected chi connectivity index (χ3v) is 3.33. The van der Waals surface area contributed by atoms with E-state index in [0.29, 0.717) is 6.20 Å². The molecule has 0 aliphatic rings. The molecule has 0 saturated heterocycles. The Labute approximate surface area is 123 Å². The van der Waals surface area contributed by atoms with Crippen LogP contribution in [0, 0.1) is 5.82 Å². The summed E-state index contributed by atoms with van der Waals surface area (Å²) in [4.78, 5) is 3.69. The smallest absolute Gasteiger partial charge is 0.322 e. The molecule has 1 unspecified atom stereocenters. The van der Waals surface area contributed by atoms with Crippen LogP contribution in [0.2, 0.25) is 5.02 Å². The second-order valence-electron chi connectivity index (χ2n) is 4.48. The van der Waals surface area contributed by atoms with Gasteiger partial charge in [-0.05, 0) is 30.7 Å². The highest BCUT2D eigenvalue weighted by atomic mass is 35.5. The first-order valence-electron chi connectivity index (χ1n) is 6.00. The van der Waals surface area contributed by atoms with E-state index in [4.69, 9.17) is 17.3 Å². The summed E-state index contributed by atoms with van der Waals surface area (Å²) < 4.78 is 50.9. The average molecular weight is 319 g/mol. The van der Waals surface area contributed by atoms with Crippen molar-refractivity contribution in [2.24, 2.45) is 5.73 Å². The molecule has 2 nitrogen and oxygen atoms in total. The summed E-state index contributed by atoms with van der Waals surface area (Å²) in [5.74, 6) is -0.509. The van der Waals surface area contributed by atoms with Crippen LogP contribution in [0.15, 0.2) is 36.5 Å². The molecule has 21 heavy (non-hydrogen) atoms. The number of nitrogens with two attached hydrogens (primary N) is 1. The van der Waals surface area contributed by atoms with Crippen LogP contribution >= 0.6 is 11.6 Å². The van der Waals surface area contributed by atoms with Gasteiger partial charge in [0.15, 0.2) is 0 Å². The zero-order valence-electron chi connectivity index (χ0n) is 10.7. The molecule has 2 N–H and O–H groups in total. The summed E-state index contributed by atoms with van der Waals surface area (Å²) in [6, 6.07) is 5.55. The van der Waals surface area contributed by atoms with E-state index in [1.807, 2.05) is 0 Å². The first kappa shape index (κ1) is 15.7. The molecule has 1 heterocycles. The largest absolute Gasteiger partial charge is 0.417 e. The van der Waals surface area contributed by atoms with Crippen LogP contribution in [0.3, 0.4) is 0 Å². The molecule has 0 radical (unpaired) electrons. The van der Waals surface area contributed by atoms with E-state index < -0.39 is 23.6 Å². The van der Waals surface area contributed by atoms with Crippen molar-refractivity contribution in [3.8, 4) is 0 Å². The Morgan fingerprint density at radius 3 is 2.43 bits per heavy atom. The van der Waals surface area contributed by atoms with Gasteiger partial charge in [0.25, 0.3) is 0 Å². The maximum atomic E-state index is 13.6. The van der Waals surface area contributed by atoms with Crippen LogP contribution in [0.1, 0.15) is 22.9 Å². The second kappa shape index (κ2) is 5.99. The fraction of sp³-hybridized carbons (Fsp3) is 0.214. The van der Waals surface area contributed by atoms with Crippen LogP contribution < -0.4 is 5.73 Å². The van der Waals surface area contributed by atoms with Gasteiger partial charge in [-0.1, -0.05) is 17.7 Å². The maximum Gasteiger partial charge on any atom is 0.417 e. The molecule has 0 bridgehead atoms. The number of hydrogen-bond donors (Lipinski definition) is 1. The maximum absolute atomic E-state index is 13.6. The summed E-state index contributed by atoms with van der Waals surface area (Å²) in [6.07, 6.45) is -3.70. The van der Waals surface area contributed by atoms with E-state index in [0.717, 1.165) is 6.07 Å². The summed E-state index contributed by atoms with van der Waals surface area (Å²) in [5.41, 5.74) is 5.45. The van der Waals surface area contributed by atoms with Crippen LogP contribution in [-0.4, -0.2) is 4.98 Å². The summed E-state index contributed by atoms with van der Waals surface area (Å²) in [6.45, 7) is 0. The van der Waals surface area contributed by atoms with E-state index in [1.165, 1.54) is 24.3 Å². The molecule has 0 aliphatic carbocycles. The van der Waals surface area contributed by atoms with Crippen molar-refractivity contribution in [2.45, 2.75) is 18.6 Å². The minimum Gasteiger partial charge on any atom is -0.322 e. The van der Waals surface area contributed by atoms with Crippen molar-refractivity contribution in [3.05, 3.63) is 64.2 Å². The third kappa shape index (κ3) is 3.71. The first-order valence-corrected chi connectivity index (χ1v) is 6.38. The van der Waals surface area contributed by atoms with E-state index in [-0.39, 0.29) is 22.7 Å². The standard InChI is InChI=1S/C14H11ClF4N2/c15-10-2-1-3-11(16)9(10)6-12(20)13-5-4-8(7-21-13)14(17,18)19/h1-5,7,12H,6,20H2. The van der Waals surface area contributed by atoms with E-state index in [9.17, 15) is 17.6 Å². The van der Waals surface area contributed by atoms with Gasteiger partial charge in [-0.3, -0.25) is 4.98 Å². The number of pyridine rings is 1. The Morgan fingerprint density at radius 1 is 1.19 bits per heavy atom. The molecule has 112 valence electrons. The predicted molar refractivity (Wildman–Crippen MR) is 71.3 cm³/mol. The minimum absolute atomic E-state index is 0.0455. The number of nitrogens with zero attached hydrogens (tertiary/aromatic N) is 1. The fourth-order valence-electron chi connectivity index (χ4n) is 1.84. The lowest BCUT2D eigenvalue weighted by molar-refractivity contribution is -0.137. The van der Waals surface area contributed by atoms with E-state index >= 15 is 0 Å². The quantitative estimate of drug-likeness (QED) is 0.864. The number of rotatable bonds is 3. The van der Waals surface area contributed by atoms with Crippen molar-refractivity contribution in [2.75, 3.05) is 0 Å². The van der Waals surface area contributed by atoms with Gasteiger partial charge in [0.1, 0.15) is 5.82 Å². The molecule has 0 saturated carbocycles. The van der Waals surface area contributed by atoms with Gasteiger partial charge < -0.3 is 5.73 Å². The Hall–Kier alpha value is -1.66. The molecular formula is C14H11ClF4N2. The zero-order chi connectivity index (χ0) is 15.6. The molecular weight excluding hydrogens is 308 g/mol. The van der Waals surface area contributed by atoms with Crippen LogP contribution in [0.5, 0.6) is 0 Å². The van der Waals surface area contributed by atoms with E-state index in [1.54, 1.807) is 0 Å². The van der Waals surface area contributed by atoms with Gasteiger partial charge in [-0.15, -0.1) is 0 Å². The van der Waals surface area contributed by atoms with Gasteiger partial charge in [-0.2, -0.15) is 13.2 Å². The predicted octanol–water partition coefficient (Wildman–Crippen LogP) is 4.14. The van der Waals surface area contributed by atoms with Crippen molar-refractivity contribution in [3.63, 3.8) is 0 Å². The molecule has 0 fully saturated rings. The molecule has 2 aromatic rings. The molecule has 1 aromatic carbocycles. The van der Waals surface area contributed by atoms with Crippen LogP contribution in [0.25, 0.3) is 0 Å². The Kier molecular flexibility index (Phi) is 4.49. The Bertz CT molecular complexity index is 606. The lowest BCUT2D eigenvalue weighted by atomic mass is 10.0. The van der Waals surface area contributed by atoms with Gasteiger partial charge in [-0.25, -0.2) is 4.39 Å². The van der Waals surface area contributed by atoms with Crippen molar-refractivity contribution in [1.82, 2.24) is 4.98 Å². The molecule has 0 amide bonds. The Morgan fingerprint density at radius 2 is 1.90 bits per heavy atom. The minimum atomic E-state index is -4.45. The van der Waals surface area contributed by atoms with Crippen molar-refractivity contribution in [1.29, 1.82) is 0 Å². The Balaban J connectivity index is 2.19. The topological polar surface area (TPSA) is 38.9 Å². The lowest BCUT2D eigenvalue weighted by Crippen LogP contribution is -2.16. The molecule has 7 heteroatoms. The number of aromatic nitrogens is 1. The van der Waals surface area contributed by atoms with Gasteiger partial charge in [0.2, 0.25) is 0 Å². The van der Waals surface area contributed by atoms with Gasteiger partial charge in [0, 0.05) is 16.8 Å². The van der Waals surface area contributed by atoms with Gasteiger partial charge >= 0.3 is 6.18 Å². The van der Waals surface area contributed by atoms with Crippen molar-refractivity contribution < 1.29 is 17.6 Å². The van der Waals surface area contributed by atoms with Crippen molar-refractivity contribution >= 4 is 11.6 Å². The summed E-state index contributed by atoms with van der Waals surface area (Å²) in [5, 5.41) is 0.220. The number of benzene rings is 1. The van der Waals surface area contributed by atoms with Crippen LogP contribution in [0.4, 0.5) is 17.6 Å². The van der Waals surface area contributed by atoms with E-state index in [2.05, 4.69) is 4.98 Å². The molecule has 0 aliphatic heterocycles. The number of alkyl halides is 3. The first-order chi connectivity index (χ1) is 9.79. The summed E-state index contributed by atoms with van der Waals surface area (Å²) >= 11 is 5.88. The third-order valence-electron chi connectivity index (χ3n) is 2.98. The second-order valence-corrected chi connectivity index (χ2v) is 4.89. The normalized spacial score (nSPS) is 13.2. The monoisotopic (exact) mass is 318 g/mol. The highest BCUT2D eigenvalue weighted by Gasteiger charge is 2.30. The molecule has 2 rings (SSSR count). The average Bonchev–Trinajstić information content (AvgIpc) is 2.42. The molecule has 1 atom stereocenters. The fourth-order valence-corrected chi connectivity index (χ4v) is 2.08. The number of hydrogen-bond acceptors (Lipinski definition) is 2. The SMILES string of the molecule is NC(Cc1c(F)cccc1Cl)c1ccc(C(F)(F)F)cn1. The van der Waals surface area contributed by atoms with Gasteiger partial charge in [0.05, 0.1) is 17.3 Å². The summed E-state index contributed by atoms with van der Waals surface area (Å²) in [7, 11) is 0. The highest BCUT2D eigenvalue weighted by molar-refractivity contribution is 6.31. The molecule has 1 aromatic heterocycles. The molecule has 0 spiro atoms. The lowest BCUT2D eigenvalue weighted by Gasteiger charge is -2.14. The highest BCUT2D eigenvalue weighted by Crippen LogP contribution is 2.29.